The molecule has 1 aromatic heterocycles. The van der Waals surface area contributed by atoms with Crippen molar-refractivity contribution in [1.29, 1.82) is 0 Å². The van der Waals surface area contributed by atoms with Crippen LogP contribution in [0, 0.1) is 3.57 Å². The van der Waals surface area contributed by atoms with Crippen molar-refractivity contribution in [3.05, 3.63) is 27.2 Å². The second-order valence-electron chi connectivity index (χ2n) is 3.34. The van der Waals surface area contributed by atoms with Gasteiger partial charge in [-0.1, -0.05) is 6.92 Å². The van der Waals surface area contributed by atoms with Crippen LogP contribution >= 0.6 is 22.6 Å². The van der Waals surface area contributed by atoms with Gasteiger partial charge in [-0.25, -0.2) is 4.98 Å². The second kappa shape index (κ2) is 3.92. The summed E-state index contributed by atoms with van der Waals surface area (Å²) in [7, 11) is 0. The molecule has 2 aromatic rings. The summed E-state index contributed by atoms with van der Waals surface area (Å²) < 4.78 is 6.14. The van der Waals surface area contributed by atoms with E-state index >= 15 is 0 Å². The summed E-state index contributed by atoms with van der Waals surface area (Å²) in [5.41, 5.74) is 3.33. The van der Waals surface area contributed by atoms with E-state index in [2.05, 4.69) is 27.6 Å². The number of ketones is 1. The smallest absolute Gasteiger partial charge is 0.182 e. The summed E-state index contributed by atoms with van der Waals surface area (Å²) in [6.07, 6.45) is 2.24. The SMILES string of the molecule is CCc1cc2ncoc2c(I)c1C(C)=O. The Balaban J connectivity index is 2.85. The summed E-state index contributed by atoms with van der Waals surface area (Å²) in [6.45, 7) is 3.61. The summed E-state index contributed by atoms with van der Waals surface area (Å²) in [5, 5.41) is 0. The lowest BCUT2D eigenvalue weighted by Crippen LogP contribution is -2.02. The van der Waals surface area contributed by atoms with Crippen LogP contribution in [-0.4, -0.2) is 10.8 Å². The number of oxazole rings is 1. The number of rotatable bonds is 2. The molecular weight excluding hydrogens is 305 g/mol. The lowest BCUT2D eigenvalue weighted by Gasteiger charge is -2.06. The summed E-state index contributed by atoms with van der Waals surface area (Å²) in [6, 6.07) is 1.93. The number of hydrogen-bond acceptors (Lipinski definition) is 3. The zero-order valence-electron chi connectivity index (χ0n) is 8.50. The molecule has 0 aliphatic carbocycles. The molecule has 0 N–H and O–H groups in total. The minimum Gasteiger partial charge on any atom is -0.442 e. The molecule has 0 saturated carbocycles. The first-order valence-electron chi connectivity index (χ1n) is 4.70. The van der Waals surface area contributed by atoms with Crippen molar-refractivity contribution in [3.8, 4) is 0 Å². The fourth-order valence-electron chi connectivity index (χ4n) is 1.67. The Morgan fingerprint density at radius 3 is 2.93 bits per heavy atom. The van der Waals surface area contributed by atoms with Crippen LogP contribution in [0.3, 0.4) is 0 Å². The van der Waals surface area contributed by atoms with Gasteiger partial charge in [0.2, 0.25) is 0 Å². The Labute approximate surface area is 101 Å². The number of carbonyl (C=O) groups excluding carboxylic acids is 1. The van der Waals surface area contributed by atoms with Crippen LogP contribution < -0.4 is 0 Å². The number of benzene rings is 1. The van der Waals surface area contributed by atoms with Crippen molar-refractivity contribution in [1.82, 2.24) is 4.98 Å². The third-order valence-electron chi connectivity index (χ3n) is 2.38. The lowest BCUT2D eigenvalue weighted by molar-refractivity contribution is 0.101. The van der Waals surface area contributed by atoms with Crippen LogP contribution in [0.25, 0.3) is 11.1 Å². The molecule has 1 aromatic carbocycles. The molecule has 0 saturated heterocycles. The minimum atomic E-state index is 0.0783. The predicted octanol–water partition coefficient (Wildman–Crippen LogP) is 3.20. The molecule has 78 valence electrons. The van der Waals surface area contributed by atoms with Gasteiger partial charge in [0.1, 0.15) is 5.52 Å². The van der Waals surface area contributed by atoms with E-state index in [4.69, 9.17) is 4.42 Å². The van der Waals surface area contributed by atoms with Gasteiger partial charge in [0.05, 0.1) is 3.57 Å². The van der Waals surface area contributed by atoms with E-state index in [1.165, 1.54) is 6.39 Å². The third-order valence-corrected chi connectivity index (χ3v) is 3.41. The highest BCUT2D eigenvalue weighted by atomic mass is 127. The molecule has 4 heteroatoms. The molecule has 0 fully saturated rings. The van der Waals surface area contributed by atoms with Gasteiger partial charge in [-0.3, -0.25) is 4.79 Å². The van der Waals surface area contributed by atoms with Crippen LogP contribution in [0.4, 0.5) is 0 Å². The van der Waals surface area contributed by atoms with Crippen molar-refractivity contribution in [2.24, 2.45) is 0 Å². The van der Waals surface area contributed by atoms with E-state index in [9.17, 15) is 4.79 Å². The van der Waals surface area contributed by atoms with Gasteiger partial charge in [-0.05, 0) is 47.6 Å². The molecule has 15 heavy (non-hydrogen) atoms. The Hall–Kier alpha value is -0.910. The van der Waals surface area contributed by atoms with Crippen molar-refractivity contribution >= 4 is 39.5 Å². The van der Waals surface area contributed by atoms with E-state index in [1.54, 1.807) is 6.92 Å². The highest BCUT2D eigenvalue weighted by Gasteiger charge is 2.16. The number of fused-ring (bicyclic) bond motifs is 1. The van der Waals surface area contributed by atoms with E-state index in [0.717, 1.165) is 26.6 Å². The van der Waals surface area contributed by atoms with Gasteiger partial charge < -0.3 is 4.42 Å². The summed E-state index contributed by atoms with van der Waals surface area (Å²) in [5.74, 6) is 0.0783. The van der Waals surface area contributed by atoms with Crippen LogP contribution in [0.1, 0.15) is 29.8 Å². The molecule has 0 spiro atoms. The molecular formula is C11H10INO2. The van der Waals surface area contributed by atoms with Gasteiger partial charge in [0.15, 0.2) is 17.8 Å². The van der Waals surface area contributed by atoms with Crippen molar-refractivity contribution in [3.63, 3.8) is 0 Å². The molecule has 0 amide bonds. The van der Waals surface area contributed by atoms with E-state index < -0.39 is 0 Å². The normalized spacial score (nSPS) is 10.9. The van der Waals surface area contributed by atoms with Gasteiger partial charge >= 0.3 is 0 Å². The average Bonchev–Trinajstić information content (AvgIpc) is 2.64. The fraction of sp³-hybridized carbons (Fsp3) is 0.273. The third kappa shape index (κ3) is 1.67. The Morgan fingerprint density at radius 2 is 2.33 bits per heavy atom. The maximum absolute atomic E-state index is 11.5. The van der Waals surface area contributed by atoms with E-state index in [0.29, 0.717) is 5.58 Å². The van der Waals surface area contributed by atoms with E-state index in [1.807, 2.05) is 13.0 Å². The number of halogens is 1. The van der Waals surface area contributed by atoms with Gasteiger partial charge in [0.25, 0.3) is 0 Å². The first-order valence-corrected chi connectivity index (χ1v) is 5.78. The lowest BCUT2D eigenvalue weighted by atomic mass is 10.0. The molecule has 0 radical (unpaired) electrons. The standard InChI is InChI=1S/C11H10INO2/c1-3-7-4-8-11(15-5-13-8)10(12)9(7)6(2)14/h4-5H,3H2,1-2H3. The number of carbonyl (C=O) groups is 1. The molecule has 2 rings (SSSR count). The minimum absolute atomic E-state index is 0.0783. The van der Waals surface area contributed by atoms with Crippen LogP contribution in [0.5, 0.6) is 0 Å². The molecule has 3 nitrogen and oxygen atoms in total. The predicted molar refractivity (Wildman–Crippen MR) is 66.1 cm³/mol. The first kappa shape index (κ1) is 10.6. The largest absolute Gasteiger partial charge is 0.442 e. The van der Waals surface area contributed by atoms with Gasteiger partial charge in [0, 0.05) is 5.56 Å². The Bertz CT molecular complexity index is 531. The molecule has 0 aliphatic heterocycles. The maximum Gasteiger partial charge on any atom is 0.182 e. The molecule has 1 heterocycles. The first-order chi connectivity index (χ1) is 7.15. The van der Waals surface area contributed by atoms with Crippen molar-refractivity contribution < 1.29 is 9.21 Å². The number of aryl methyl sites for hydroxylation is 1. The zero-order chi connectivity index (χ0) is 11.0. The number of nitrogens with zero attached hydrogens (tertiary/aromatic N) is 1. The second-order valence-corrected chi connectivity index (χ2v) is 4.41. The van der Waals surface area contributed by atoms with Gasteiger partial charge in [-0.15, -0.1) is 0 Å². The summed E-state index contributed by atoms with van der Waals surface area (Å²) in [4.78, 5) is 15.7. The van der Waals surface area contributed by atoms with E-state index in [-0.39, 0.29) is 5.78 Å². The quantitative estimate of drug-likeness (QED) is 0.631. The highest BCUT2D eigenvalue weighted by Crippen LogP contribution is 2.27. The Morgan fingerprint density at radius 1 is 1.60 bits per heavy atom. The molecule has 0 bridgehead atoms. The molecule has 0 aliphatic rings. The van der Waals surface area contributed by atoms with Crippen LogP contribution in [0.2, 0.25) is 0 Å². The molecule has 0 atom stereocenters. The average molecular weight is 315 g/mol. The number of aromatic nitrogens is 1. The Kier molecular flexibility index (Phi) is 2.77. The van der Waals surface area contributed by atoms with Crippen LogP contribution in [0.15, 0.2) is 16.9 Å². The summed E-state index contributed by atoms with van der Waals surface area (Å²) >= 11 is 2.14. The molecule has 0 unspecified atom stereocenters. The van der Waals surface area contributed by atoms with Crippen molar-refractivity contribution in [2.75, 3.05) is 0 Å². The number of hydrogen-bond donors (Lipinski definition) is 0. The van der Waals surface area contributed by atoms with Crippen molar-refractivity contribution in [2.45, 2.75) is 20.3 Å². The fourth-order valence-corrected chi connectivity index (χ4v) is 2.80. The topological polar surface area (TPSA) is 43.1 Å². The highest BCUT2D eigenvalue weighted by molar-refractivity contribution is 14.1. The number of Topliss-reactive ketones (excluding diaryl/α,β-unsaturated/α-hetero) is 1. The maximum atomic E-state index is 11.5. The van der Waals surface area contributed by atoms with Crippen LogP contribution in [-0.2, 0) is 6.42 Å². The monoisotopic (exact) mass is 315 g/mol. The van der Waals surface area contributed by atoms with Gasteiger partial charge in [-0.2, -0.15) is 0 Å². The zero-order valence-corrected chi connectivity index (χ0v) is 10.7.